The molecule has 0 N–H and O–H groups in total. The Morgan fingerprint density at radius 2 is 1.32 bits per heavy atom. The first-order chi connectivity index (χ1) is 9.38. The zero-order valence-corrected chi connectivity index (χ0v) is 12.6. The van der Waals surface area contributed by atoms with Gasteiger partial charge in [-0.3, -0.25) is 0 Å². The number of hydrogen-bond donors (Lipinski definition) is 0. The maximum absolute atomic E-state index is 4.35. The molecule has 1 heterocycles. The summed E-state index contributed by atoms with van der Waals surface area (Å²) in [6, 6.07) is 0. The number of nitrogens with zero attached hydrogens (tertiary/aromatic N) is 3. The van der Waals surface area contributed by atoms with Crippen molar-refractivity contribution in [1.29, 1.82) is 0 Å². The summed E-state index contributed by atoms with van der Waals surface area (Å²) in [6.45, 7) is 4.52. The number of unbranched alkanes of at least 4 members (excludes halogenated alkanes) is 6. The van der Waals surface area contributed by atoms with Crippen LogP contribution in [0.15, 0.2) is 12.7 Å². The van der Waals surface area contributed by atoms with E-state index in [4.69, 9.17) is 0 Å². The molecule has 0 aliphatic carbocycles. The summed E-state index contributed by atoms with van der Waals surface area (Å²) in [7, 11) is 0. The quantitative estimate of drug-likeness (QED) is 0.533. The maximum atomic E-state index is 4.35. The van der Waals surface area contributed by atoms with Crippen molar-refractivity contribution in [1.82, 2.24) is 15.0 Å². The molecule has 0 aliphatic rings. The Bertz CT molecular complexity index is 288. The van der Waals surface area contributed by atoms with E-state index in [1.807, 2.05) is 0 Å². The van der Waals surface area contributed by atoms with Crippen LogP contribution in [0.2, 0.25) is 0 Å². The van der Waals surface area contributed by atoms with E-state index in [1.165, 1.54) is 64.2 Å². The third kappa shape index (κ3) is 7.24. The Kier molecular flexibility index (Phi) is 9.21. The lowest BCUT2D eigenvalue weighted by Crippen LogP contribution is -2.05. The summed E-state index contributed by atoms with van der Waals surface area (Å²) in [5.74, 6) is 1.54. The van der Waals surface area contributed by atoms with Crippen LogP contribution >= 0.6 is 0 Å². The van der Waals surface area contributed by atoms with Gasteiger partial charge in [0.25, 0.3) is 0 Å². The van der Waals surface area contributed by atoms with Crippen LogP contribution in [-0.4, -0.2) is 15.0 Å². The van der Waals surface area contributed by atoms with Crippen molar-refractivity contribution < 1.29 is 0 Å². The molecular formula is C16H29N3. The molecule has 0 radical (unpaired) electrons. The second kappa shape index (κ2) is 10.9. The monoisotopic (exact) mass is 263 g/mol. The minimum Gasteiger partial charge on any atom is -0.225 e. The van der Waals surface area contributed by atoms with Gasteiger partial charge < -0.3 is 0 Å². The molecule has 0 aromatic carbocycles. The molecular weight excluding hydrogens is 234 g/mol. The second-order valence-corrected chi connectivity index (χ2v) is 5.39. The summed E-state index contributed by atoms with van der Waals surface area (Å²) in [5, 5.41) is 0. The van der Waals surface area contributed by atoms with E-state index >= 15 is 0 Å². The number of hydrogen-bond acceptors (Lipinski definition) is 3. The highest BCUT2D eigenvalue weighted by atomic mass is 15.0. The first-order valence-corrected chi connectivity index (χ1v) is 8.00. The van der Waals surface area contributed by atoms with Crippen LogP contribution in [-0.2, 0) is 0 Å². The highest BCUT2D eigenvalue weighted by molar-refractivity contribution is 4.93. The Morgan fingerprint density at radius 3 is 1.79 bits per heavy atom. The first-order valence-electron chi connectivity index (χ1n) is 8.00. The van der Waals surface area contributed by atoms with Crippen LogP contribution in [0.5, 0.6) is 0 Å². The van der Waals surface area contributed by atoms with E-state index in [-0.39, 0.29) is 0 Å². The molecule has 0 fully saturated rings. The Labute approximate surface area is 118 Å². The molecule has 19 heavy (non-hydrogen) atoms. The molecule has 0 bridgehead atoms. The van der Waals surface area contributed by atoms with Crippen molar-refractivity contribution in [3.05, 3.63) is 18.5 Å². The van der Waals surface area contributed by atoms with Crippen LogP contribution in [0, 0.1) is 0 Å². The fourth-order valence-electron chi connectivity index (χ4n) is 2.50. The van der Waals surface area contributed by atoms with Gasteiger partial charge in [0.1, 0.15) is 18.5 Å². The van der Waals surface area contributed by atoms with Gasteiger partial charge in [0, 0.05) is 5.92 Å². The average Bonchev–Trinajstić information content (AvgIpc) is 2.46. The molecule has 0 spiro atoms. The Morgan fingerprint density at radius 1 is 0.789 bits per heavy atom. The molecule has 0 aliphatic heterocycles. The number of aromatic nitrogens is 3. The average molecular weight is 263 g/mol. The van der Waals surface area contributed by atoms with Gasteiger partial charge in [-0.25, -0.2) is 15.0 Å². The largest absolute Gasteiger partial charge is 0.225 e. The molecule has 0 unspecified atom stereocenters. The van der Waals surface area contributed by atoms with E-state index in [9.17, 15) is 0 Å². The fraction of sp³-hybridized carbons (Fsp3) is 0.812. The summed E-state index contributed by atoms with van der Waals surface area (Å²) in [4.78, 5) is 12.6. The predicted molar refractivity (Wildman–Crippen MR) is 80.1 cm³/mol. The first kappa shape index (κ1) is 16.1. The molecule has 1 rings (SSSR count). The molecule has 108 valence electrons. The maximum Gasteiger partial charge on any atom is 0.135 e. The van der Waals surface area contributed by atoms with E-state index in [0.29, 0.717) is 5.92 Å². The fourth-order valence-corrected chi connectivity index (χ4v) is 2.50. The molecule has 3 heteroatoms. The van der Waals surface area contributed by atoms with E-state index in [2.05, 4.69) is 28.8 Å². The SMILES string of the molecule is CCCCCCC(CCCCCC)c1ncncn1. The van der Waals surface area contributed by atoms with Crippen LogP contribution < -0.4 is 0 Å². The normalized spacial score (nSPS) is 11.1. The second-order valence-electron chi connectivity index (χ2n) is 5.39. The molecule has 0 atom stereocenters. The smallest absolute Gasteiger partial charge is 0.135 e. The van der Waals surface area contributed by atoms with Crippen LogP contribution in [0.1, 0.15) is 89.8 Å². The van der Waals surface area contributed by atoms with Crippen molar-refractivity contribution in [2.75, 3.05) is 0 Å². The van der Waals surface area contributed by atoms with E-state index < -0.39 is 0 Å². The van der Waals surface area contributed by atoms with Gasteiger partial charge in [-0.05, 0) is 12.8 Å². The van der Waals surface area contributed by atoms with Gasteiger partial charge in [-0.15, -0.1) is 0 Å². The summed E-state index contributed by atoms with van der Waals surface area (Å²) in [5.41, 5.74) is 0. The standard InChI is InChI=1S/C16H29N3/c1-3-5-7-9-11-15(12-10-8-6-4-2)16-18-13-17-14-19-16/h13-15H,3-12H2,1-2H3. The van der Waals surface area contributed by atoms with Crippen molar-refractivity contribution >= 4 is 0 Å². The lowest BCUT2D eigenvalue weighted by atomic mass is 9.94. The van der Waals surface area contributed by atoms with Gasteiger partial charge in [-0.1, -0.05) is 65.2 Å². The van der Waals surface area contributed by atoms with E-state index in [1.54, 1.807) is 12.7 Å². The van der Waals surface area contributed by atoms with Crippen molar-refractivity contribution in [2.45, 2.75) is 84.0 Å². The lowest BCUT2D eigenvalue weighted by Gasteiger charge is -2.15. The minimum absolute atomic E-state index is 0.539. The molecule has 0 saturated carbocycles. The predicted octanol–water partition coefficient (Wildman–Crippen LogP) is 4.90. The summed E-state index contributed by atoms with van der Waals surface area (Å²) in [6.07, 6.45) is 16.3. The minimum atomic E-state index is 0.539. The van der Waals surface area contributed by atoms with Gasteiger partial charge in [-0.2, -0.15) is 0 Å². The van der Waals surface area contributed by atoms with Crippen molar-refractivity contribution in [3.63, 3.8) is 0 Å². The van der Waals surface area contributed by atoms with Gasteiger partial charge >= 0.3 is 0 Å². The molecule has 1 aromatic heterocycles. The summed E-state index contributed by atoms with van der Waals surface area (Å²) >= 11 is 0. The topological polar surface area (TPSA) is 38.7 Å². The summed E-state index contributed by atoms with van der Waals surface area (Å²) < 4.78 is 0. The van der Waals surface area contributed by atoms with Crippen LogP contribution in [0.3, 0.4) is 0 Å². The highest BCUT2D eigenvalue weighted by Crippen LogP contribution is 2.25. The van der Waals surface area contributed by atoms with Gasteiger partial charge in [0.05, 0.1) is 0 Å². The van der Waals surface area contributed by atoms with E-state index in [0.717, 1.165) is 5.82 Å². The van der Waals surface area contributed by atoms with Crippen molar-refractivity contribution in [3.8, 4) is 0 Å². The van der Waals surface area contributed by atoms with Crippen LogP contribution in [0.4, 0.5) is 0 Å². The van der Waals surface area contributed by atoms with Crippen molar-refractivity contribution in [2.24, 2.45) is 0 Å². The third-order valence-corrected chi connectivity index (χ3v) is 3.69. The molecule has 1 aromatic rings. The highest BCUT2D eigenvalue weighted by Gasteiger charge is 2.13. The van der Waals surface area contributed by atoms with Gasteiger partial charge in [0.15, 0.2) is 0 Å². The number of rotatable bonds is 11. The van der Waals surface area contributed by atoms with Gasteiger partial charge in [0.2, 0.25) is 0 Å². The molecule has 0 saturated heterocycles. The third-order valence-electron chi connectivity index (χ3n) is 3.69. The Hall–Kier alpha value is -0.990. The zero-order chi connectivity index (χ0) is 13.8. The molecule has 0 amide bonds. The lowest BCUT2D eigenvalue weighted by molar-refractivity contribution is 0.478. The van der Waals surface area contributed by atoms with Crippen LogP contribution in [0.25, 0.3) is 0 Å². The Balaban J connectivity index is 2.39. The molecule has 3 nitrogen and oxygen atoms in total. The zero-order valence-electron chi connectivity index (χ0n) is 12.6.